The van der Waals surface area contributed by atoms with E-state index in [1.165, 1.54) is 23.5 Å². The van der Waals surface area contributed by atoms with Crippen LogP contribution in [0, 0.1) is 5.82 Å². The normalized spacial score (nSPS) is 11.0. The number of benzene rings is 1. The lowest BCUT2D eigenvalue weighted by Crippen LogP contribution is -1.97. The zero-order valence-corrected chi connectivity index (χ0v) is 12.6. The molecule has 2 N–H and O–H groups in total. The monoisotopic (exact) mass is 323 g/mol. The highest BCUT2D eigenvalue weighted by atomic mass is 35.5. The summed E-state index contributed by atoms with van der Waals surface area (Å²) in [5.74, 6) is 0.194. The molecule has 0 spiro atoms. The van der Waals surface area contributed by atoms with Gasteiger partial charge in [0, 0.05) is 10.9 Å². The number of thiophene rings is 1. The van der Waals surface area contributed by atoms with Gasteiger partial charge in [0.25, 0.3) is 0 Å². The van der Waals surface area contributed by atoms with Crippen LogP contribution in [0.15, 0.2) is 24.3 Å². The predicted molar refractivity (Wildman–Crippen MR) is 82.7 cm³/mol. The zero-order chi connectivity index (χ0) is 15.0. The van der Waals surface area contributed by atoms with Gasteiger partial charge in [0.15, 0.2) is 0 Å². The number of halogens is 2. The Morgan fingerprint density at radius 1 is 1.33 bits per heavy atom. The molecule has 108 valence electrons. The Balaban J connectivity index is 2.06. The van der Waals surface area contributed by atoms with Crippen LogP contribution in [0.5, 0.6) is 11.6 Å². The number of nitrogens with zero attached hydrogens (tertiary/aromatic N) is 2. The molecular formula is C14H11ClFN3OS. The van der Waals surface area contributed by atoms with Gasteiger partial charge in [-0.05, 0) is 24.6 Å². The minimum Gasteiger partial charge on any atom is -0.438 e. The molecule has 4 nitrogen and oxygen atoms in total. The van der Waals surface area contributed by atoms with Gasteiger partial charge >= 0.3 is 0 Å². The minimum atomic E-state index is -0.549. The van der Waals surface area contributed by atoms with E-state index in [-0.39, 0.29) is 11.0 Å². The van der Waals surface area contributed by atoms with Gasteiger partial charge in [-0.1, -0.05) is 18.5 Å². The van der Waals surface area contributed by atoms with Gasteiger partial charge in [0.2, 0.25) is 11.8 Å². The van der Waals surface area contributed by atoms with Crippen molar-refractivity contribution in [1.29, 1.82) is 0 Å². The van der Waals surface area contributed by atoms with E-state index in [1.54, 1.807) is 6.07 Å². The average Bonchev–Trinajstić information content (AvgIpc) is 2.86. The molecule has 0 bridgehead atoms. The predicted octanol–water partition coefficient (Wildman–Crippen LogP) is 4.42. The van der Waals surface area contributed by atoms with Crippen LogP contribution in [0.25, 0.3) is 10.2 Å². The zero-order valence-electron chi connectivity index (χ0n) is 11.1. The minimum absolute atomic E-state index is 0.0403. The molecule has 7 heteroatoms. The second-order valence-electron chi connectivity index (χ2n) is 4.35. The molecule has 0 unspecified atom stereocenters. The van der Waals surface area contributed by atoms with Crippen LogP contribution in [-0.2, 0) is 6.42 Å². The standard InChI is InChI=1S/C14H11ClFN3OS/c1-2-8-6-9-12(18-14(17)19-13(9)21-8)20-7-3-4-10(15)11(16)5-7/h3-6H,2H2,1H3,(H2,17,18,19). The maximum atomic E-state index is 13.5. The van der Waals surface area contributed by atoms with Gasteiger partial charge in [-0.25, -0.2) is 9.37 Å². The summed E-state index contributed by atoms with van der Waals surface area (Å²) in [6.07, 6.45) is 0.885. The lowest BCUT2D eigenvalue weighted by molar-refractivity contribution is 0.464. The molecule has 2 heterocycles. The molecule has 0 aliphatic heterocycles. The van der Waals surface area contributed by atoms with Crippen molar-refractivity contribution in [2.24, 2.45) is 0 Å². The number of nitrogens with two attached hydrogens (primary N) is 1. The summed E-state index contributed by atoms with van der Waals surface area (Å²) >= 11 is 7.19. The van der Waals surface area contributed by atoms with E-state index in [1.807, 2.05) is 6.07 Å². The van der Waals surface area contributed by atoms with Crippen LogP contribution in [-0.4, -0.2) is 9.97 Å². The first-order valence-corrected chi connectivity index (χ1v) is 7.45. The van der Waals surface area contributed by atoms with E-state index in [2.05, 4.69) is 16.9 Å². The Morgan fingerprint density at radius 3 is 2.86 bits per heavy atom. The first kappa shape index (κ1) is 14.0. The third-order valence-corrected chi connectivity index (χ3v) is 4.36. The Hall–Kier alpha value is -1.92. The van der Waals surface area contributed by atoms with Gasteiger partial charge in [0.1, 0.15) is 16.4 Å². The summed E-state index contributed by atoms with van der Waals surface area (Å²) in [4.78, 5) is 10.2. The van der Waals surface area contributed by atoms with Crippen molar-refractivity contribution in [3.05, 3.63) is 40.0 Å². The van der Waals surface area contributed by atoms with Crippen molar-refractivity contribution < 1.29 is 9.13 Å². The summed E-state index contributed by atoms with van der Waals surface area (Å²) in [6, 6.07) is 6.17. The molecule has 3 rings (SSSR count). The largest absolute Gasteiger partial charge is 0.438 e. The maximum absolute atomic E-state index is 13.5. The third kappa shape index (κ3) is 2.77. The molecule has 3 aromatic rings. The Kier molecular flexibility index (Phi) is 3.65. The van der Waals surface area contributed by atoms with E-state index >= 15 is 0 Å². The van der Waals surface area contributed by atoms with E-state index in [4.69, 9.17) is 22.1 Å². The second kappa shape index (κ2) is 5.46. The van der Waals surface area contributed by atoms with Crippen LogP contribution in [0.1, 0.15) is 11.8 Å². The van der Waals surface area contributed by atoms with Crippen molar-refractivity contribution >= 4 is 39.1 Å². The second-order valence-corrected chi connectivity index (χ2v) is 5.87. The van der Waals surface area contributed by atoms with Gasteiger partial charge < -0.3 is 10.5 Å². The molecule has 0 saturated heterocycles. The highest BCUT2D eigenvalue weighted by Gasteiger charge is 2.13. The van der Waals surface area contributed by atoms with E-state index < -0.39 is 5.82 Å². The highest BCUT2D eigenvalue weighted by molar-refractivity contribution is 7.18. The number of aryl methyl sites for hydroxylation is 1. The molecule has 0 amide bonds. The fourth-order valence-electron chi connectivity index (χ4n) is 1.86. The first-order chi connectivity index (χ1) is 10.1. The fourth-order valence-corrected chi connectivity index (χ4v) is 2.95. The third-order valence-electron chi connectivity index (χ3n) is 2.88. The SMILES string of the molecule is CCc1cc2c(Oc3ccc(Cl)c(F)c3)nc(N)nc2s1. The van der Waals surface area contributed by atoms with Gasteiger partial charge in [-0.2, -0.15) is 4.98 Å². The molecule has 0 aliphatic carbocycles. The van der Waals surface area contributed by atoms with Gasteiger partial charge in [-0.3, -0.25) is 0 Å². The molecule has 0 radical (unpaired) electrons. The van der Waals surface area contributed by atoms with Crippen molar-refractivity contribution in [3.63, 3.8) is 0 Å². The molecule has 0 saturated carbocycles. The highest BCUT2D eigenvalue weighted by Crippen LogP contribution is 2.34. The summed E-state index contributed by atoms with van der Waals surface area (Å²) in [5, 5.41) is 0.805. The molecule has 0 aliphatic rings. The number of ether oxygens (including phenoxy) is 1. The van der Waals surface area contributed by atoms with E-state index in [9.17, 15) is 4.39 Å². The number of hydrogen-bond acceptors (Lipinski definition) is 5. The number of nitrogen functional groups attached to an aromatic ring is 1. The summed E-state index contributed by atoms with van der Waals surface area (Å²) in [6.45, 7) is 2.05. The lowest BCUT2D eigenvalue weighted by atomic mass is 10.3. The quantitative estimate of drug-likeness (QED) is 0.775. The number of anilines is 1. The van der Waals surface area contributed by atoms with Crippen molar-refractivity contribution in [2.45, 2.75) is 13.3 Å². The van der Waals surface area contributed by atoms with Crippen molar-refractivity contribution in [1.82, 2.24) is 9.97 Å². The van der Waals surface area contributed by atoms with Crippen LogP contribution < -0.4 is 10.5 Å². The molecule has 1 aromatic carbocycles. The van der Waals surface area contributed by atoms with Crippen LogP contribution >= 0.6 is 22.9 Å². The van der Waals surface area contributed by atoms with E-state index in [0.29, 0.717) is 11.6 Å². The molecule has 21 heavy (non-hydrogen) atoms. The molecule has 2 aromatic heterocycles. The number of rotatable bonds is 3. The van der Waals surface area contributed by atoms with Gasteiger partial charge in [-0.15, -0.1) is 11.3 Å². The summed E-state index contributed by atoms with van der Waals surface area (Å²) in [7, 11) is 0. The Morgan fingerprint density at radius 2 is 2.14 bits per heavy atom. The topological polar surface area (TPSA) is 61.0 Å². The Labute approximate surface area is 129 Å². The van der Waals surface area contributed by atoms with Gasteiger partial charge in [0.05, 0.1) is 10.4 Å². The van der Waals surface area contributed by atoms with Crippen LogP contribution in [0.2, 0.25) is 5.02 Å². The smallest absolute Gasteiger partial charge is 0.232 e. The molecule has 0 fully saturated rings. The molecule has 0 atom stereocenters. The fraction of sp³-hybridized carbons (Fsp3) is 0.143. The molecular weight excluding hydrogens is 313 g/mol. The lowest BCUT2D eigenvalue weighted by Gasteiger charge is -2.06. The number of fused-ring (bicyclic) bond motifs is 1. The number of aromatic nitrogens is 2. The maximum Gasteiger partial charge on any atom is 0.232 e. The summed E-state index contributed by atoms with van der Waals surface area (Å²) < 4.78 is 19.1. The Bertz CT molecular complexity index is 821. The summed E-state index contributed by atoms with van der Waals surface area (Å²) in [5.41, 5.74) is 5.69. The number of hydrogen-bond donors (Lipinski definition) is 1. The first-order valence-electron chi connectivity index (χ1n) is 6.25. The van der Waals surface area contributed by atoms with Crippen LogP contribution in [0.4, 0.5) is 10.3 Å². The average molecular weight is 324 g/mol. The van der Waals surface area contributed by atoms with E-state index in [0.717, 1.165) is 21.5 Å². The van der Waals surface area contributed by atoms with Crippen molar-refractivity contribution in [3.8, 4) is 11.6 Å². The van der Waals surface area contributed by atoms with Crippen LogP contribution in [0.3, 0.4) is 0 Å². The van der Waals surface area contributed by atoms with Crippen molar-refractivity contribution in [2.75, 3.05) is 5.73 Å².